The Morgan fingerprint density at radius 3 is 3.11 bits per heavy atom. The number of hydrogen-bond acceptors (Lipinski definition) is 6. The van der Waals surface area contributed by atoms with E-state index in [2.05, 4.69) is 21.5 Å². The van der Waals surface area contributed by atoms with Crippen molar-refractivity contribution in [2.75, 3.05) is 6.54 Å². The minimum atomic E-state index is -0.217. The Kier molecular flexibility index (Phi) is 5.71. The average molecular weight is 398 g/mol. The van der Waals surface area contributed by atoms with Crippen LogP contribution < -0.4 is 10.1 Å². The number of aryl methyl sites for hydroxylation is 1. The molecule has 1 aliphatic rings. The number of carbonyl (C=O) groups is 1. The lowest BCUT2D eigenvalue weighted by Gasteiger charge is -2.12. The number of allylic oxidation sites excluding steroid dienone is 1. The highest BCUT2D eigenvalue weighted by Gasteiger charge is 2.13. The first kappa shape index (κ1) is 18.7. The summed E-state index contributed by atoms with van der Waals surface area (Å²) in [6.45, 7) is 2.82. The Labute approximate surface area is 167 Å². The summed E-state index contributed by atoms with van der Waals surface area (Å²) in [6.07, 6.45) is 8.03. The van der Waals surface area contributed by atoms with Crippen molar-refractivity contribution in [2.45, 2.75) is 45.6 Å². The number of benzene rings is 1. The van der Waals surface area contributed by atoms with E-state index in [9.17, 15) is 4.79 Å². The fourth-order valence-electron chi connectivity index (χ4n) is 3.31. The molecule has 1 N–H and O–H groups in total. The first-order valence-electron chi connectivity index (χ1n) is 9.59. The molecule has 0 radical (unpaired) electrons. The zero-order chi connectivity index (χ0) is 19.3. The van der Waals surface area contributed by atoms with Gasteiger partial charge in [-0.3, -0.25) is 4.79 Å². The van der Waals surface area contributed by atoms with Crippen LogP contribution in [0.3, 0.4) is 0 Å². The summed E-state index contributed by atoms with van der Waals surface area (Å²) in [5, 5.41) is 7.79. The van der Waals surface area contributed by atoms with Crippen LogP contribution in [-0.2, 0) is 6.61 Å². The number of carbonyl (C=O) groups excluding carboxylic acids is 1. The fourth-order valence-corrected chi connectivity index (χ4v) is 4.12. The second kappa shape index (κ2) is 8.56. The van der Waals surface area contributed by atoms with Crippen molar-refractivity contribution in [2.24, 2.45) is 0 Å². The Bertz CT molecular complexity index is 1010. The van der Waals surface area contributed by atoms with Gasteiger partial charge in [-0.05, 0) is 51.2 Å². The highest BCUT2D eigenvalue weighted by Crippen LogP contribution is 2.26. The van der Waals surface area contributed by atoms with Crippen molar-refractivity contribution in [1.82, 2.24) is 15.5 Å². The Morgan fingerprint density at radius 1 is 1.32 bits per heavy atom. The lowest BCUT2D eigenvalue weighted by molar-refractivity contribution is 0.0944. The first-order valence-corrected chi connectivity index (χ1v) is 10.4. The maximum absolute atomic E-state index is 12.2. The number of aromatic nitrogens is 2. The number of rotatable bonds is 7. The van der Waals surface area contributed by atoms with E-state index in [0.717, 1.165) is 34.5 Å². The second-order valence-electron chi connectivity index (χ2n) is 6.94. The Balaban J connectivity index is 1.28. The predicted octanol–water partition coefficient (Wildman–Crippen LogP) is 4.79. The van der Waals surface area contributed by atoms with Gasteiger partial charge in [0.15, 0.2) is 11.5 Å². The third-order valence-electron chi connectivity index (χ3n) is 4.76. The molecule has 0 aliphatic heterocycles. The lowest BCUT2D eigenvalue weighted by atomic mass is 9.97. The lowest BCUT2D eigenvalue weighted by Crippen LogP contribution is -2.25. The molecular weight excluding hydrogens is 374 g/mol. The van der Waals surface area contributed by atoms with E-state index >= 15 is 0 Å². The number of hydrogen-bond donors (Lipinski definition) is 1. The van der Waals surface area contributed by atoms with Gasteiger partial charge in [0, 0.05) is 18.7 Å². The van der Waals surface area contributed by atoms with Crippen LogP contribution in [0, 0.1) is 6.92 Å². The van der Waals surface area contributed by atoms with Gasteiger partial charge in [0.2, 0.25) is 0 Å². The second-order valence-corrected chi connectivity index (χ2v) is 8.18. The van der Waals surface area contributed by atoms with Crippen molar-refractivity contribution in [3.8, 4) is 5.75 Å². The molecule has 146 valence electrons. The number of nitrogens with zero attached hydrogens (tertiary/aromatic N) is 2. The van der Waals surface area contributed by atoms with Crippen molar-refractivity contribution in [1.29, 1.82) is 0 Å². The van der Waals surface area contributed by atoms with Gasteiger partial charge in [0.25, 0.3) is 5.91 Å². The molecule has 2 aromatic heterocycles. The maximum Gasteiger partial charge on any atom is 0.273 e. The molecule has 2 heterocycles. The van der Waals surface area contributed by atoms with Crippen LogP contribution >= 0.6 is 11.3 Å². The molecule has 0 atom stereocenters. The van der Waals surface area contributed by atoms with E-state index in [0.29, 0.717) is 18.1 Å². The van der Waals surface area contributed by atoms with Crippen molar-refractivity contribution in [3.63, 3.8) is 0 Å². The molecule has 0 bridgehead atoms. The summed E-state index contributed by atoms with van der Waals surface area (Å²) in [6, 6.07) is 7.43. The van der Waals surface area contributed by atoms with Crippen molar-refractivity contribution >= 4 is 27.5 Å². The largest absolute Gasteiger partial charge is 0.485 e. The van der Waals surface area contributed by atoms with Gasteiger partial charge in [0.05, 0.1) is 15.2 Å². The van der Waals surface area contributed by atoms with Gasteiger partial charge in [-0.1, -0.05) is 16.8 Å². The summed E-state index contributed by atoms with van der Waals surface area (Å²) >= 11 is 1.65. The molecule has 7 heteroatoms. The van der Waals surface area contributed by atoms with E-state index in [1.54, 1.807) is 17.4 Å². The summed E-state index contributed by atoms with van der Waals surface area (Å²) in [5.41, 5.74) is 2.64. The molecule has 0 unspecified atom stereocenters. The molecule has 6 nitrogen and oxygen atoms in total. The van der Waals surface area contributed by atoms with Gasteiger partial charge < -0.3 is 14.6 Å². The monoisotopic (exact) mass is 397 g/mol. The minimum Gasteiger partial charge on any atom is -0.485 e. The van der Waals surface area contributed by atoms with Gasteiger partial charge in [0.1, 0.15) is 12.4 Å². The van der Waals surface area contributed by atoms with E-state index < -0.39 is 0 Å². The predicted molar refractivity (Wildman–Crippen MR) is 109 cm³/mol. The van der Waals surface area contributed by atoms with Crippen LogP contribution in [-0.4, -0.2) is 22.6 Å². The molecule has 1 aliphatic carbocycles. The molecule has 0 spiro atoms. The third-order valence-corrected chi connectivity index (χ3v) is 5.71. The third kappa shape index (κ3) is 4.59. The van der Waals surface area contributed by atoms with Crippen molar-refractivity contribution < 1.29 is 14.1 Å². The maximum atomic E-state index is 12.2. The number of amides is 1. The number of fused-ring (bicyclic) bond motifs is 1. The van der Waals surface area contributed by atoms with Gasteiger partial charge in [-0.25, -0.2) is 4.98 Å². The molecule has 0 saturated carbocycles. The highest BCUT2D eigenvalue weighted by molar-refractivity contribution is 7.18. The van der Waals surface area contributed by atoms with Crippen LogP contribution in [0.15, 0.2) is 40.4 Å². The van der Waals surface area contributed by atoms with Crippen molar-refractivity contribution in [3.05, 3.63) is 52.4 Å². The molecule has 0 fully saturated rings. The summed E-state index contributed by atoms with van der Waals surface area (Å²) in [4.78, 5) is 16.7. The SMILES string of the molecule is Cc1nc2cc(OCc3cc(C(=O)NCCC4=CCCCC4)no3)ccc2s1. The Morgan fingerprint density at radius 2 is 2.25 bits per heavy atom. The summed E-state index contributed by atoms with van der Waals surface area (Å²) in [5.74, 6) is 1.00. The average Bonchev–Trinajstić information content (AvgIpc) is 3.32. The fraction of sp³-hybridized carbons (Fsp3) is 0.381. The van der Waals surface area contributed by atoms with Crippen LogP contribution in [0.1, 0.15) is 53.4 Å². The first-order chi connectivity index (χ1) is 13.7. The normalized spacial score (nSPS) is 14.1. The van der Waals surface area contributed by atoms with E-state index in [4.69, 9.17) is 9.26 Å². The van der Waals surface area contributed by atoms with Crippen LogP contribution in [0.2, 0.25) is 0 Å². The molecule has 1 aromatic carbocycles. The number of nitrogens with one attached hydrogen (secondary N) is 1. The topological polar surface area (TPSA) is 77.2 Å². The van der Waals surface area contributed by atoms with Crippen LogP contribution in [0.25, 0.3) is 10.2 Å². The Hall–Kier alpha value is -2.67. The van der Waals surface area contributed by atoms with E-state index in [-0.39, 0.29) is 18.2 Å². The van der Waals surface area contributed by atoms with Gasteiger partial charge in [-0.15, -0.1) is 11.3 Å². The van der Waals surface area contributed by atoms with E-state index in [1.807, 2.05) is 25.1 Å². The van der Waals surface area contributed by atoms with Crippen LogP contribution in [0.5, 0.6) is 5.75 Å². The molecular formula is C21H23N3O3S. The van der Waals surface area contributed by atoms with Crippen LogP contribution in [0.4, 0.5) is 0 Å². The van der Waals surface area contributed by atoms with Gasteiger partial charge in [-0.2, -0.15) is 0 Å². The molecule has 3 aromatic rings. The molecule has 28 heavy (non-hydrogen) atoms. The molecule has 0 saturated heterocycles. The standard InChI is InChI=1S/C21H23N3O3S/c1-14-23-18-11-16(7-8-20(18)28-14)26-13-17-12-19(24-27-17)21(25)22-10-9-15-5-3-2-4-6-15/h5,7-8,11-12H,2-4,6,9-10,13H2,1H3,(H,22,25). The van der Waals surface area contributed by atoms with E-state index in [1.165, 1.54) is 18.4 Å². The van der Waals surface area contributed by atoms with Gasteiger partial charge >= 0.3 is 0 Å². The number of thiazole rings is 1. The number of ether oxygens (including phenoxy) is 1. The summed E-state index contributed by atoms with van der Waals surface area (Å²) in [7, 11) is 0. The quantitative estimate of drug-likeness (QED) is 0.580. The zero-order valence-electron chi connectivity index (χ0n) is 15.9. The minimum absolute atomic E-state index is 0.210. The highest BCUT2D eigenvalue weighted by atomic mass is 32.1. The smallest absolute Gasteiger partial charge is 0.273 e. The summed E-state index contributed by atoms with van der Waals surface area (Å²) < 4.78 is 12.1. The molecule has 4 rings (SSSR count). The zero-order valence-corrected chi connectivity index (χ0v) is 16.7. The molecule has 1 amide bonds.